The summed E-state index contributed by atoms with van der Waals surface area (Å²) in [5.41, 5.74) is 0.902. The molecule has 0 aliphatic carbocycles. The number of hydrogen-bond acceptors (Lipinski definition) is 6. The Morgan fingerprint density at radius 3 is 2.08 bits per heavy atom. The Labute approximate surface area is 219 Å². The molecule has 2 atom stereocenters. The summed E-state index contributed by atoms with van der Waals surface area (Å²) in [7, 11) is 0. The average Bonchev–Trinajstić information content (AvgIpc) is 2.86. The maximum absolute atomic E-state index is 14.4. The van der Waals surface area contributed by atoms with E-state index in [-0.39, 0.29) is 23.4 Å². The van der Waals surface area contributed by atoms with Crippen LogP contribution in [0, 0.1) is 11.6 Å². The van der Waals surface area contributed by atoms with E-state index in [1.54, 1.807) is 4.90 Å². The fraction of sp³-hybridized carbons (Fsp3) is 0.370. The molecule has 2 aromatic rings. The van der Waals surface area contributed by atoms with Crippen LogP contribution in [0.25, 0.3) is 0 Å². The average molecular weight is 535 g/mol. The smallest absolute Gasteiger partial charge is 0.410 e. The van der Waals surface area contributed by atoms with Gasteiger partial charge in [0.15, 0.2) is 0 Å². The summed E-state index contributed by atoms with van der Waals surface area (Å²) >= 11 is 0. The molecule has 0 radical (unpaired) electrons. The molecule has 0 bridgehead atoms. The first-order chi connectivity index (χ1) is 18.1. The van der Waals surface area contributed by atoms with Crippen LogP contribution in [-0.4, -0.2) is 64.9 Å². The highest BCUT2D eigenvalue weighted by Crippen LogP contribution is 2.23. The number of hydrogen-bond donors (Lipinski definition) is 3. The molecule has 3 rings (SSSR count). The summed E-state index contributed by atoms with van der Waals surface area (Å²) in [5, 5.41) is 18.8. The second kappa shape index (κ2) is 15.3. The molecule has 0 aromatic heterocycles. The summed E-state index contributed by atoms with van der Waals surface area (Å²) in [4.78, 5) is 33.1. The van der Waals surface area contributed by atoms with Crippen molar-refractivity contribution in [2.24, 2.45) is 0 Å². The van der Waals surface area contributed by atoms with Crippen molar-refractivity contribution in [1.82, 2.24) is 10.2 Å². The van der Waals surface area contributed by atoms with Gasteiger partial charge >= 0.3 is 18.0 Å². The van der Waals surface area contributed by atoms with E-state index in [2.05, 4.69) is 5.32 Å². The van der Waals surface area contributed by atoms with Crippen molar-refractivity contribution < 1.29 is 42.9 Å². The van der Waals surface area contributed by atoms with Gasteiger partial charge in [0.1, 0.15) is 24.0 Å². The molecular formula is C27H32F2N2O7. The second-order valence-electron chi connectivity index (χ2n) is 8.63. The SMILES string of the molecule is C[C@@H]1CNC[C@H](C)N1C(=O)OCc1c(F)cc(OCCCc2ccccc2)cc1F.O=C(O)C=CC(=O)O. The van der Waals surface area contributed by atoms with Gasteiger partial charge in [-0.25, -0.2) is 23.2 Å². The van der Waals surface area contributed by atoms with E-state index in [4.69, 9.17) is 19.7 Å². The van der Waals surface area contributed by atoms with E-state index < -0.39 is 36.3 Å². The highest BCUT2D eigenvalue weighted by atomic mass is 19.1. The first kappa shape index (κ1) is 30.2. The van der Waals surface area contributed by atoms with Crippen LogP contribution in [0.15, 0.2) is 54.6 Å². The zero-order chi connectivity index (χ0) is 28.1. The van der Waals surface area contributed by atoms with Gasteiger partial charge in [0.05, 0.1) is 12.2 Å². The third-order valence-corrected chi connectivity index (χ3v) is 5.58. The molecule has 1 amide bonds. The monoisotopic (exact) mass is 534 g/mol. The van der Waals surface area contributed by atoms with E-state index in [0.717, 1.165) is 25.0 Å². The van der Waals surface area contributed by atoms with E-state index in [9.17, 15) is 23.2 Å². The topological polar surface area (TPSA) is 125 Å². The molecule has 1 aliphatic rings. The highest BCUT2D eigenvalue weighted by Gasteiger charge is 2.30. The normalized spacial score (nSPS) is 16.9. The second-order valence-corrected chi connectivity index (χ2v) is 8.63. The van der Waals surface area contributed by atoms with Crippen molar-refractivity contribution in [3.63, 3.8) is 0 Å². The van der Waals surface area contributed by atoms with Crippen LogP contribution in [0.2, 0.25) is 0 Å². The number of amides is 1. The van der Waals surface area contributed by atoms with Gasteiger partial charge in [-0.05, 0) is 32.3 Å². The molecule has 38 heavy (non-hydrogen) atoms. The van der Waals surface area contributed by atoms with E-state index in [1.165, 1.54) is 5.56 Å². The van der Waals surface area contributed by atoms with Crippen molar-refractivity contribution >= 4 is 18.0 Å². The molecule has 2 aromatic carbocycles. The zero-order valence-electron chi connectivity index (χ0n) is 21.2. The lowest BCUT2D eigenvalue weighted by molar-refractivity contribution is -0.134. The van der Waals surface area contributed by atoms with Crippen LogP contribution in [0.1, 0.15) is 31.4 Å². The number of benzene rings is 2. The summed E-state index contributed by atoms with van der Waals surface area (Å²) < 4.78 is 39.5. The van der Waals surface area contributed by atoms with Crippen LogP contribution in [-0.2, 0) is 27.4 Å². The lowest BCUT2D eigenvalue weighted by atomic mass is 10.1. The summed E-state index contributed by atoms with van der Waals surface area (Å²) in [6.45, 7) is 4.98. The molecule has 1 fully saturated rings. The van der Waals surface area contributed by atoms with Crippen molar-refractivity contribution in [3.8, 4) is 5.75 Å². The molecule has 1 aliphatic heterocycles. The molecule has 0 spiro atoms. The Kier molecular flexibility index (Phi) is 12.2. The Morgan fingerprint density at radius 2 is 1.55 bits per heavy atom. The number of carbonyl (C=O) groups is 3. The van der Waals surface area contributed by atoms with E-state index >= 15 is 0 Å². The molecule has 3 N–H and O–H groups in total. The van der Waals surface area contributed by atoms with Crippen LogP contribution in [0.4, 0.5) is 13.6 Å². The number of carboxylic acid groups (broad SMARTS) is 2. The Hall–Kier alpha value is -3.99. The number of carboxylic acids is 2. The molecule has 11 heteroatoms. The number of halogens is 2. The molecule has 9 nitrogen and oxygen atoms in total. The standard InChI is InChI=1S/C23H28F2N2O3.C4H4O4/c1-16-13-26-14-17(2)27(16)23(28)30-15-20-21(24)11-19(12-22(20)25)29-10-6-9-18-7-4-3-5-8-18;5-3(6)1-2-4(7)8/h3-5,7-8,11-12,16-17,26H,6,9-10,13-15H2,1-2H3;1-2H,(H,5,6)(H,7,8)/t16-,17+;. The predicted octanol–water partition coefficient (Wildman–Crippen LogP) is 4.01. The number of ether oxygens (including phenoxy) is 2. The van der Waals surface area contributed by atoms with Crippen LogP contribution in [0.5, 0.6) is 5.75 Å². The maximum atomic E-state index is 14.4. The third-order valence-electron chi connectivity index (χ3n) is 5.58. The minimum atomic E-state index is -1.26. The Morgan fingerprint density at radius 1 is 1.00 bits per heavy atom. The molecule has 0 saturated carbocycles. The van der Waals surface area contributed by atoms with Gasteiger partial charge in [0.25, 0.3) is 0 Å². The van der Waals surface area contributed by atoms with Gasteiger partial charge in [-0.15, -0.1) is 0 Å². The number of rotatable bonds is 9. The summed E-state index contributed by atoms with van der Waals surface area (Å²) in [6, 6.07) is 12.1. The van der Waals surface area contributed by atoms with Gasteiger partial charge in [0, 0.05) is 49.5 Å². The minimum absolute atomic E-state index is 0.0531. The van der Waals surface area contributed by atoms with Crippen molar-refractivity contribution in [3.05, 3.63) is 77.4 Å². The molecule has 1 saturated heterocycles. The molecule has 206 valence electrons. The quantitative estimate of drug-likeness (QED) is 0.326. The number of carbonyl (C=O) groups excluding carboxylic acids is 1. The predicted molar refractivity (Wildman–Crippen MR) is 135 cm³/mol. The van der Waals surface area contributed by atoms with E-state index in [0.29, 0.717) is 31.8 Å². The maximum Gasteiger partial charge on any atom is 0.410 e. The lowest BCUT2D eigenvalue weighted by Crippen LogP contribution is -2.57. The molecule has 0 unspecified atom stereocenters. The van der Waals surface area contributed by atoms with Crippen LogP contribution in [0.3, 0.4) is 0 Å². The van der Waals surface area contributed by atoms with E-state index in [1.807, 2.05) is 44.2 Å². The number of nitrogens with zero attached hydrogens (tertiary/aromatic N) is 1. The Bertz CT molecular complexity index is 1060. The molecular weight excluding hydrogens is 502 g/mol. The number of aryl methyl sites for hydroxylation is 1. The fourth-order valence-electron chi connectivity index (χ4n) is 3.76. The van der Waals surface area contributed by atoms with Gasteiger partial charge in [0.2, 0.25) is 0 Å². The van der Waals surface area contributed by atoms with Crippen LogP contribution >= 0.6 is 0 Å². The summed E-state index contributed by atoms with van der Waals surface area (Å²) in [6.07, 6.45) is 2.10. The largest absolute Gasteiger partial charge is 0.493 e. The minimum Gasteiger partial charge on any atom is -0.493 e. The van der Waals surface area contributed by atoms with Crippen molar-refractivity contribution in [1.29, 1.82) is 0 Å². The van der Waals surface area contributed by atoms with Gasteiger partial charge < -0.3 is 29.9 Å². The van der Waals surface area contributed by atoms with Crippen molar-refractivity contribution in [2.45, 2.75) is 45.4 Å². The number of piperazine rings is 1. The van der Waals surface area contributed by atoms with Gasteiger partial charge in [-0.2, -0.15) is 0 Å². The van der Waals surface area contributed by atoms with Gasteiger partial charge in [-0.1, -0.05) is 30.3 Å². The Balaban J connectivity index is 0.000000550. The summed E-state index contributed by atoms with van der Waals surface area (Å²) in [5.74, 6) is -3.97. The lowest BCUT2D eigenvalue weighted by Gasteiger charge is -2.38. The first-order valence-electron chi connectivity index (χ1n) is 12.0. The number of aliphatic carboxylic acids is 2. The van der Waals surface area contributed by atoms with Crippen molar-refractivity contribution in [2.75, 3.05) is 19.7 Å². The fourth-order valence-corrected chi connectivity index (χ4v) is 3.76. The first-order valence-corrected chi connectivity index (χ1v) is 12.0. The molecule has 1 heterocycles. The zero-order valence-corrected chi connectivity index (χ0v) is 21.2. The number of nitrogens with one attached hydrogen (secondary N) is 1. The van der Waals surface area contributed by atoms with Gasteiger partial charge in [-0.3, -0.25) is 0 Å². The third kappa shape index (κ3) is 10.2. The van der Waals surface area contributed by atoms with Crippen LogP contribution < -0.4 is 10.1 Å². The highest BCUT2D eigenvalue weighted by molar-refractivity contribution is 5.89.